The predicted molar refractivity (Wildman–Crippen MR) is 113 cm³/mol. The number of ether oxygens (including phenoxy) is 1. The molecule has 7 nitrogen and oxygen atoms in total. The lowest BCUT2D eigenvalue weighted by atomic mass is 10.1. The maximum Gasteiger partial charge on any atom is 0.341 e. The fraction of sp³-hybridized carbons (Fsp3) is 0.105. The van der Waals surface area contributed by atoms with Crippen LogP contribution in [0.1, 0.15) is 11.1 Å². The molecular formula is C19H13Br2ClN2O5. The lowest BCUT2D eigenvalue weighted by Crippen LogP contribution is -2.30. The molecule has 29 heavy (non-hydrogen) atoms. The van der Waals surface area contributed by atoms with Crippen molar-refractivity contribution in [1.29, 1.82) is 0 Å². The molecular weight excluding hydrogens is 531 g/mol. The van der Waals surface area contributed by atoms with Gasteiger partial charge in [0.05, 0.1) is 15.5 Å². The Hall–Kier alpha value is -2.36. The van der Waals surface area contributed by atoms with Crippen LogP contribution in [0, 0.1) is 0 Å². The number of benzene rings is 2. The molecule has 1 aliphatic heterocycles. The summed E-state index contributed by atoms with van der Waals surface area (Å²) < 4.78 is 6.21. The standard InChI is InChI=1S/C19H13Br2ClN2O5/c20-13-5-11(6-14(21)17(13)29-9-16(25)26)7-15-18(27)24(19(28)23-15)8-10-1-3-12(22)4-2-10/h1-7H,8-9H2,(H,23,28)(H,25,26)/b15-7-. The first-order valence-corrected chi connectivity index (χ1v) is 10.1. The van der Waals surface area contributed by atoms with Crippen LogP contribution >= 0.6 is 43.5 Å². The zero-order valence-corrected chi connectivity index (χ0v) is 18.5. The molecule has 2 N–H and O–H groups in total. The molecule has 0 bridgehead atoms. The van der Waals surface area contributed by atoms with Crippen molar-refractivity contribution in [2.45, 2.75) is 6.54 Å². The number of carbonyl (C=O) groups is 3. The number of carboxylic acid groups (broad SMARTS) is 1. The zero-order valence-electron chi connectivity index (χ0n) is 14.6. The number of hydrogen-bond acceptors (Lipinski definition) is 4. The molecule has 0 unspecified atom stereocenters. The van der Waals surface area contributed by atoms with E-state index < -0.39 is 24.5 Å². The van der Waals surface area contributed by atoms with Gasteiger partial charge >= 0.3 is 12.0 Å². The summed E-state index contributed by atoms with van der Waals surface area (Å²) in [6.07, 6.45) is 1.53. The molecule has 1 fully saturated rings. The number of imide groups is 1. The lowest BCUT2D eigenvalue weighted by Gasteiger charge is -2.11. The third-order valence-corrected chi connectivity index (χ3v) is 5.32. The molecule has 2 aromatic rings. The number of carbonyl (C=O) groups excluding carboxylic acids is 2. The molecule has 0 aromatic heterocycles. The summed E-state index contributed by atoms with van der Waals surface area (Å²) in [5.74, 6) is -1.24. The van der Waals surface area contributed by atoms with Gasteiger partial charge in [0.2, 0.25) is 0 Å². The third-order valence-electron chi connectivity index (χ3n) is 3.89. The predicted octanol–water partition coefficient (Wildman–Crippen LogP) is 4.42. The van der Waals surface area contributed by atoms with Gasteiger partial charge in [-0.25, -0.2) is 9.59 Å². The summed E-state index contributed by atoms with van der Waals surface area (Å²) in [6.45, 7) is -0.375. The monoisotopic (exact) mass is 542 g/mol. The summed E-state index contributed by atoms with van der Waals surface area (Å²) in [7, 11) is 0. The average molecular weight is 545 g/mol. The second-order valence-electron chi connectivity index (χ2n) is 6.00. The summed E-state index contributed by atoms with van der Waals surface area (Å²) >= 11 is 12.5. The minimum absolute atomic E-state index is 0.120. The van der Waals surface area contributed by atoms with Crippen LogP contribution in [0.4, 0.5) is 4.79 Å². The van der Waals surface area contributed by atoms with E-state index >= 15 is 0 Å². The molecule has 1 saturated heterocycles. The fourth-order valence-corrected chi connectivity index (χ4v) is 4.17. The Balaban J connectivity index is 1.80. The van der Waals surface area contributed by atoms with Crippen LogP contribution < -0.4 is 10.1 Å². The molecule has 3 rings (SSSR count). The van der Waals surface area contributed by atoms with Gasteiger partial charge < -0.3 is 15.2 Å². The van der Waals surface area contributed by atoms with Gasteiger partial charge in [-0.1, -0.05) is 23.7 Å². The normalized spacial score (nSPS) is 15.0. The first kappa shape index (κ1) is 21.4. The maximum absolute atomic E-state index is 12.6. The smallest absolute Gasteiger partial charge is 0.341 e. The Labute approximate surface area is 187 Å². The van der Waals surface area contributed by atoms with Gasteiger partial charge in [0.1, 0.15) is 11.4 Å². The van der Waals surface area contributed by atoms with Crippen molar-refractivity contribution in [1.82, 2.24) is 10.2 Å². The van der Waals surface area contributed by atoms with Crippen molar-refractivity contribution >= 4 is 67.4 Å². The maximum atomic E-state index is 12.6. The molecule has 1 heterocycles. The lowest BCUT2D eigenvalue weighted by molar-refractivity contribution is -0.139. The van der Waals surface area contributed by atoms with Crippen molar-refractivity contribution in [3.8, 4) is 5.75 Å². The topological polar surface area (TPSA) is 95.9 Å². The molecule has 3 amide bonds. The van der Waals surface area contributed by atoms with E-state index in [4.69, 9.17) is 21.4 Å². The minimum Gasteiger partial charge on any atom is -0.480 e. The molecule has 10 heteroatoms. The van der Waals surface area contributed by atoms with E-state index in [1.807, 2.05) is 0 Å². The summed E-state index contributed by atoms with van der Waals surface area (Å²) in [5, 5.41) is 11.9. The second-order valence-corrected chi connectivity index (χ2v) is 8.15. The summed E-state index contributed by atoms with van der Waals surface area (Å²) in [6, 6.07) is 9.65. The zero-order chi connectivity index (χ0) is 21.1. The summed E-state index contributed by atoms with van der Waals surface area (Å²) in [5.41, 5.74) is 1.50. The van der Waals surface area contributed by atoms with Gasteiger partial charge in [-0.15, -0.1) is 0 Å². The van der Waals surface area contributed by atoms with Crippen molar-refractivity contribution in [3.05, 3.63) is 67.2 Å². The van der Waals surface area contributed by atoms with Crippen molar-refractivity contribution in [2.75, 3.05) is 6.61 Å². The van der Waals surface area contributed by atoms with Crippen molar-refractivity contribution < 1.29 is 24.2 Å². The van der Waals surface area contributed by atoms with E-state index in [1.54, 1.807) is 36.4 Å². The minimum atomic E-state index is -1.10. The van der Waals surface area contributed by atoms with E-state index in [0.717, 1.165) is 10.5 Å². The van der Waals surface area contributed by atoms with Gasteiger partial charge in [-0.2, -0.15) is 0 Å². The van der Waals surface area contributed by atoms with E-state index in [-0.39, 0.29) is 12.2 Å². The van der Waals surface area contributed by atoms with Gasteiger partial charge in [0.25, 0.3) is 5.91 Å². The van der Waals surface area contributed by atoms with Crippen LogP contribution in [0.5, 0.6) is 5.75 Å². The van der Waals surface area contributed by atoms with Crippen molar-refractivity contribution in [3.63, 3.8) is 0 Å². The quantitative estimate of drug-likeness (QED) is 0.415. The van der Waals surface area contributed by atoms with Crippen LogP contribution in [0.2, 0.25) is 5.02 Å². The Morgan fingerprint density at radius 1 is 1.17 bits per heavy atom. The number of nitrogens with one attached hydrogen (secondary N) is 1. The summed E-state index contributed by atoms with van der Waals surface area (Å²) in [4.78, 5) is 36.7. The number of carboxylic acids is 1. The highest BCUT2D eigenvalue weighted by molar-refractivity contribution is 9.11. The van der Waals surface area contributed by atoms with Crippen LogP contribution in [-0.4, -0.2) is 34.5 Å². The van der Waals surface area contributed by atoms with Crippen LogP contribution in [0.3, 0.4) is 0 Å². The molecule has 0 saturated carbocycles. The van der Waals surface area contributed by atoms with E-state index in [2.05, 4.69) is 37.2 Å². The number of amides is 3. The Kier molecular flexibility index (Phi) is 6.61. The molecule has 0 spiro atoms. The molecule has 0 atom stereocenters. The van der Waals surface area contributed by atoms with E-state index in [0.29, 0.717) is 25.3 Å². The number of halogens is 3. The van der Waals surface area contributed by atoms with Gasteiger partial charge in [-0.3, -0.25) is 9.69 Å². The van der Waals surface area contributed by atoms with Crippen LogP contribution in [-0.2, 0) is 16.1 Å². The van der Waals surface area contributed by atoms with Gasteiger partial charge in [0.15, 0.2) is 6.61 Å². The highest BCUT2D eigenvalue weighted by Gasteiger charge is 2.33. The third kappa shape index (κ3) is 5.17. The highest BCUT2D eigenvalue weighted by Crippen LogP contribution is 2.35. The van der Waals surface area contributed by atoms with Gasteiger partial charge in [-0.05, 0) is 73.3 Å². The first-order chi connectivity index (χ1) is 13.7. The number of urea groups is 1. The molecule has 2 aromatic carbocycles. The number of rotatable bonds is 6. The largest absolute Gasteiger partial charge is 0.480 e. The molecule has 0 aliphatic carbocycles. The first-order valence-electron chi connectivity index (χ1n) is 8.17. The fourth-order valence-electron chi connectivity index (χ4n) is 2.59. The van der Waals surface area contributed by atoms with Crippen LogP contribution in [0.25, 0.3) is 6.08 Å². The Bertz CT molecular complexity index is 1000. The Morgan fingerprint density at radius 2 is 1.79 bits per heavy atom. The molecule has 1 aliphatic rings. The highest BCUT2D eigenvalue weighted by atomic mass is 79.9. The van der Waals surface area contributed by atoms with Gasteiger partial charge in [0, 0.05) is 5.02 Å². The molecule has 150 valence electrons. The number of hydrogen-bond donors (Lipinski definition) is 2. The Morgan fingerprint density at radius 3 is 2.38 bits per heavy atom. The van der Waals surface area contributed by atoms with E-state index in [9.17, 15) is 14.4 Å². The van der Waals surface area contributed by atoms with Crippen molar-refractivity contribution in [2.24, 2.45) is 0 Å². The SMILES string of the molecule is O=C(O)COc1c(Br)cc(/C=C2\NC(=O)N(Cc3ccc(Cl)cc3)C2=O)cc1Br. The van der Waals surface area contributed by atoms with Crippen LogP contribution in [0.15, 0.2) is 51.0 Å². The number of nitrogens with zero attached hydrogens (tertiary/aromatic N) is 1. The number of aliphatic carboxylic acids is 1. The average Bonchev–Trinajstić information content (AvgIpc) is 2.90. The molecule has 0 radical (unpaired) electrons. The second kappa shape index (κ2) is 8.98. The van der Waals surface area contributed by atoms with E-state index in [1.165, 1.54) is 6.08 Å².